The SMILES string of the molecule is C.FC1=C(F)OC2(O1)C(F)(F)CC(F)(F)C(F)(F)C2(F)F.FC1=C(F)OC2(O1)C(F)(F)OC(F)(F)OC2(F)F.FC1=C(OC(F)(F)F)OC(F)(F)O1.FC1=COC(C(F)(F)F)(C(F)(F)F)O1.FC1=COC(F)(F)O1. The zero-order chi connectivity index (χ0) is 57.4. The molecule has 6 aliphatic heterocycles. The molecule has 0 atom stereocenters. The van der Waals surface area contributed by atoms with Gasteiger partial charge in [-0.3, -0.25) is 0 Å². The van der Waals surface area contributed by atoms with Gasteiger partial charge in [0, 0.05) is 0 Å². The lowest BCUT2D eigenvalue weighted by atomic mass is 9.80. The summed E-state index contributed by atoms with van der Waals surface area (Å²) in [7, 11) is 0. The Morgan fingerprint density at radius 2 is 0.770 bits per heavy atom. The second-order valence-electron chi connectivity index (χ2n) is 12.3. The summed E-state index contributed by atoms with van der Waals surface area (Å²) in [6.07, 6.45) is -45.4. The van der Waals surface area contributed by atoms with Crippen molar-refractivity contribution < 1.29 is 211 Å². The normalized spacial score (nSPS) is 26.5. The van der Waals surface area contributed by atoms with Crippen LogP contribution in [0.1, 0.15) is 13.8 Å². The van der Waals surface area contributed by atoms with Gasteiger partial charge in [-0.25, -0.2) is 9.47 Å². The van der Waals surface area contributed by atoms with Gasteiger partial charge in [-0.05, 0) is 0 Å². The Hall–Kier alpha value is -5.96. The molecule has 6 heterocycles. The van der Waals surface area contributed by atoms with Crippen molar-refractivity contribution in [2.75, 3.05) is 0 Å². The Labute approximate surface area is 377 Å². The van der Waals surface area contributed by atoms with E-state index in [9.17, 15) is 149 Å². The van der Waals surface area contributed by atoms with Crippen LogP contribution in [0.4, 0.5) is 149 Å². The van der Waals surface area contributed by atoms with E-state index in [1.807, 2.05) is 0 Å². The predicted octanol–water partition coefficient (Wildman–Crippen LogP) is 13.1. The van der Waals surface area contributed by atoms with Crippen molar-refractivity contribution in [3.63, 3.8) is 0 Å². The lowest BCUT2D eigenvalue weighted by molar-refractivity contribution is -0.632. The number of alkyl halides is 27. The average molecular weight is 1190 g/mol. The molecule has 2 fully saturated rings. The van der Waals surface area contributed by atoms with Gasteiger partial charge in [0.05, 0.1) is 6.42 Å². The molecule has 13 nitrogen and oxygen atoms in total. The number of hydrogen-bond acceptors (Lipinski definition) is 13. The van der Waals surface area contributed by atoms with Crippen LogP contribution in [0.3, 0.4) is 0 Å². The van der Waals surface area contributed by atoms with Crippen molar-refractivity contribution >= 4 is 0 Å². The maximum absolute atomic E-state index is 13.4. The van der Waals surface area contributed by atoms with Gasteiger partial charge in [0.25, 0.3) is 0 Å². The van der Waals surface area contributed by atoms with Crippen LogP contribution < -0.4 is 0 Å². The fraction of sp³-hybridized carbons (Fsp3) is 0.630. The van der Waals surface area contributed by atoms with E-state index in [1.54, 1.807) is 0 Å². The highest BCUT2D eigenvalue weighted by Crippen LogP contribution is 2.67. The van der Waals surface area contributed by atoms with Crippen LogP contribution in [0.5, 0.6) is 0 Å². The highest BCUT2D eigenvalue weighted by molar-refractivity contribution is 5.20. The van der Waals surface area contributed by atoms with Crippen LogP contribution in [0.2, 0.25) is 0 Å². The molecule has 47 heteroatoms. The van der Waals surface area contributed by atoms with Gasteiger partial charge in [0.15, 0.2) is 12.5 Å². The zero-order valence-electron chi connectivity index (χ0n) is 31.5. The first-order valence-corrected chi connectivity index (χ1v) is 15.8. The summed E-state index contributed by atoms with van der Waals surface area (Å²) >= 11 is 0. The van der Waals surface area contributed by atoms with Gasteiger partial charge < -0.3 is 52.1 Å². The standard InChI is InChI=1S/C8H2F10O2.C6F8O4.C5HF7O2.C4F6O3.C3HF3O2.CH4/c9-2-3(10)20-8(19-2)5(13,14)1-4(11,12)6(15,16)7(8,17)18;7-1-2(8)16-3(15-1)4(9,10)17-6(13,14)18-5(3,11)12;6-2-1-13-3(14-2,4(7,8)9)5(10,11)12;5-1-2(12-3(6,7)8)13-4(9,10)11-1;4-2-1-7-3(5,6)8-2;/h1H2;;1H;;1H;1H4. The van der Waals surface area contributed by atoms with E-state index >= 15 is 0 Å². The third-order valence-corrected chi connectivity index (χ3v) is 7.29. The topological polar surface area (TPSA) is 120 Å². The van der Waals surface area contributed by atoms with Gasteiger partial charge >= 0.3 is 139 Å². The van der Waals surface area contributed by atoms with Crippen molar-refractivity contribution in [1.82, 2.24) is 0 Å². The average Bonchev–Trinajstić information content (AvgIpc) is 3.93. The number of ether oxygens (including phenoxy) is 13. The summed E-state index contributed by atoms with van der Waals surface area (Å²) in [5, 5.41) is 0. The number of rotatable bonds is 1. The van der Waals surface area contributed by atoms with Crippen LogP contribution in [-0.4, -0.2) is 90.9 Å². The Morgan fingerprint density at radius 3 is 1.04 bits per heavy atom. The minimum Gasteiger partial charge on any atom is -0.439 e. The van der Waals surface area contributed by atoms with Crippen LogP contribution in [-0.2, 0) is 61.6 Å². The molecule has 0 radical (unpaired) electrons. The number of halogens is 34. The summed E-state index contributed by atoms with van der Waals surface area (Å²) in [6, 6.07) is -16.5. The Bertz CT molecular complexity index is 2160. The predicted molar refractivity (Wildman–Crippen MR) is 141 cm³/mol. The third kappa shape index (κ3) is 11.9. The fourth-order valence-corrected chi connectivity index (χ4v) is 4.50. The lowest BCUT2D eigenvalue weighted by Gasteiger charge is -2.48. The van der Waals surface area contributed by atoms with E-state index in [2.05, 4.69) is 61.6 Å². The van der Waals surface area contributed by atoms with Gasteiger partial charge in [-0.15, -0.1) is 39.5 Å². The zero-order valence-corrected chi connectivity index (χ0v) is 31.5. The van der Waals surface area contributed by atoms with E-state index in [0.29, 0.717) is 0 Å². The molecule has 2 spiro atoms. The summed E-state index contributed by atoms with van der Waals surface area (Å²) < 4.78 is 458. The minimum atomic E-state index is -6.42. The highest BCUT2D eigenvalue weighted by atomic mass is 19.4. The molecule has 432 valence electrons. The maximum atomic E-state index is 13.4. The first kappa shape index (κ1) is 64.2. The van der Waals surface area contributed by atoms with Crippen molar-refractivity contribution in [2.45, 2.75) is 105 Å². The summed E-state index contributed by atoms with van der Waals surface area (Å²) in [6.45, 7) is 0. The molecular formula is C27H8F34O13. The van der Waals surface area contributed by atoms with Crippen molar-refractivity contribution in [2.24, 2.45) is 0 Å². The molecular weight excluding hydrogens is 1180 g/mol. The molecule has 0 aromatic rings. The molecule has 1 aliphatic carbocycles. The Balaban J connectivity index is 0.000000324. The Kier molecular flexibility index (Phi) is 16.5. The molecule has 1 saturated carbocycles. The van der Waals surface area contributed by atoms with E-state index in [1.165, 1.54) is 0 Å². The molecule has 1 saturated heterocycles. The second-order valence-corrected chi connectivity index (χ2v) is 12.3. The van der Waals surface area contributed by atoms with Crippen LogP contribution in [0.25, 0.3) is 0 Å². The summed E-state index contributed by atoms with van der Waals surface area (Å²) in [5.41, 5.74) is 0. The molecule has 7 aliphatic rings. The number of hydrogen-bond donors (Lipinski definition) is 0. The van der Waals surface area contributed by atoms with Gasteiger partial charge in [0.1, 0.15) is 0 Å². The molecule has 0 unspecified atom stereocenters. The second kappa shape index (κ2) is 19.0. The third-order valence-electron chi connectivity index (χ3n) is 7.29. The first-order valence-electron chi connectivity index (χ1n) is 15.8. The van der Waals surface area contributed by atoms with Crippen LogP contribution in [0.15, 0.2) is 60.6 Å². The summed E-state index contributed by atoms with van der Waals surface area (Å²) in [5.74, 6) is -41.2. The van der Waals surface area contributed by atoms with Gasteiger partial charge in [0.2, 0.25) is 0 Å². The molecule has 7 rings (SSSR count). The van der Waals surface area contributed by atoms with Gasteiger partial charge in [-0.2, -0.15) is 110 Å². The summed E-state index contributed by atoms with van der Waals surface area (Å²) in [4.78, 5) is 0. The highest BCUT2D eigenvalue weighted by Gasteiger charge is 2.95. The molecule has 0 aromatic heterocycles. The monoisotopic (exact) mass is 1190 g/mol. The molecule has 0 N–H and O–H groups in total. The van der Waals surface area contributed by atoms with Crippen molar-refractivity contribution in [1.29, 1.82) is 0 Å². The van der Waals surface area contributed by atoms with Crippen LogP contribution >= 0.6 is 0 Å². The molecule has 74 heavy (non-hydrogen) atoms. The first-order chi connectivity index (χ1) is 32.0. The fourth-order valence-electron chi connectivity index (χ4n) is 4.50. The Morgan fingerprint density at radius 1 is 0.392 bits per heavy atom. The quantitative estimate of drug-likeness (QED) is 0.232. The van der Waals surface area contributed by atoms with E-state index in [0.717, 1.165) is 0 Å². The minimum absolute atomic E-state index is 0. The van der Waals surface area contributed by atoms with Crippen molar-refractivity contribution in [3.05, 3.63) is 60.6 Å². The van der Waals surface area contributed by atoms with E-state index < -0.39 is 145 Å². The lowest BCUT2D eigenvalue weighted by Crippen LogP contribution is -2.77. The smallest absolute Gasteiger partial charge is 0.439 e. The van der Waals surface area contributed by atoms with Crippen LogP contribution in [0, 0.1) is 0 Å². The van der Waals surface area contributed by atoms with Crippen molar-refractivity contribution in [3.8, 4) is 0 Å². The van der Waals surface area contributed by atoms with Gasteiger partial charge in [-0.1, -0.05) is 7.43 Å². The maximum Gasteiger partial charge on any atom is 0.590 e. The van der Waals surface area contributed by atoms with E-state index in [4.69, 9.17) is 0 Å². The van der Waals surface area contributed by atoms with E-state index in [-0.39, 0.29) is 20.0 Å². The largest absolute Gasteiger partial charge is 0.590 e. The molecule has 0 bridgehead atoms. The molecule has 0 aromatic carbocycles. The molecule has 0 amide bonds.